The summed E-state index contributed by atoms with van der Waals surface area (Å²) >= 11 is 1.46. The maximum absolute atomic E-state index is 12.6. The van der Waals surface area contributed by atoms with Crippen LogP contribution in [0.2, 0.25) is 0 Å². The number of likely N-dealkylation sites (tertiary alicyclic amines) is 2. The number of thiophene rings is 1. The van der Waals surface area contributed by atoms with Gasteiger partial charge in [0.15, 0.2) is 0 Å². The molecule has 1 unspecified atom stereocenters. The Hall–Kier alpha value is -1.11. The lowest BCUT2D eigenvalue weighted by Crippen LogP contribution is -2.46. The number of methoxy groups -OCH3 is 1. The summed E-state index contributed by atoms with van der Waals surface area (Å²) in [6, 6.07) is 2.71. The summed E-state index contributed by atoms with van der Waals surface area (Å²) < 4.78 is 5.26. The number of nitrogens with zero attached hydrogens (tertiary/aromatic N) is 2. The predicted octanol–water partition coefficient (Wildman–Crippen LogP) is 1.39. The molecule has 5 nitrogen and oxygen atoms in total. The normalized spacial score (nSPS) is 24.5. The van der Waals surface area contributed by atoms with E-state index < -0.39 is 0 Å². The molecule has 2 aliphatic heterocycles. The van der Waals surface area contributed by atoms with Crippen LogP contribution in [0.1, 0.15) is 28.9 Å². The zero-order valence-electron chi connectivity index (χ0n) is 12.5. The van der Waals surface area contributed by atoms with Gasteiger partial charge in [0.05, 0.1) is 7.11 Å². The zero-order valence-corrected chi connectivity index (χ0v) is 13.3. The number of amides is 1. The summed E-state index contributed by atoms with van der Waals surface area (Å²) in [4.78, 5) is 17.8. The fraction of sp³-hybridized carbons (Fsp3) is 0.667. The van der Waals surface area contributed by atoms with Crippen LogP contribution in [0.25, 0.3) is 0 Å². The highest BCUT2D eigenvalue weighted by molar-refractivity contribution is 7.12. The third-order valence-corrected chi connectivity index (χ3v) is 5.47. The maximum Gasteiger partial charge on any atom is 0.267 e. The highest BCUT2D eigenvalue weighted by Gasteiger charge is 2.33. The van der Waals surface area contributed by atoms with E-state index in [1.165, 1.54) is 11.3 Å². The van der Waals surface area contributed by atoms with Crippen LogP contribution in [-0.2, 0) is 0 Å². The van der Waals surface area contributed by atoms with Crippen molar-refractivity contribution < 1.29 is 9.53 Å². The van der Waals surface area contributed by atoms with Gasteiger partial charge in [0.1, 0.15) is 10.6 Å². The molecule has 1 aromatic heterocycles. The number of nitrogens with two attached hydrogens (primary N) is 1. The van der Waals surface area contributed by atoms with Crippen molar-refractivity contribution in [2.24, 2.45) is 5.73 Å². The Labute approximate surface area is 129 Å². The van der Waals surface area contributed by atoms with Gasteiger partial charge in [0.25, 0.3) is 5.91 Å². The topological polar surface area (TPSA) is 58.8 Å². The van der Waals surface area contributed by atoms with Crippen LogP contribution in [0.3, 0.4) is 0 Å². The molecule has 1 amide bonds. The fourth-order valence-electron chi connectivity index (χ4n) is 3.27. The van der Waals surface area contributed by atoms with E-state index in [9.17, 15) is 4.79 Å². The van der Waals surface area contributed by atoms with E-state index in [1.54, 1.807) is 7.11 Å². The van der Waals surface area contributed by atoms with Gasteiger partial charge >= 0.3 is 0 Å². The van der Waals surface area contributed by atoms with E-state index >= 15 is 0 Å². The van der Waals surface area contributed by atoms with Crippen LogP contribution in [0, 0.1) is 0 Å². The zero-order chi connectivity index (χ0) is 14.8. The summed E-state index contributed by atoms with van der Waals surface area (Å²) in [6.45, 7) is 3.80. The van der Waals surface area contributed by atoms with Gasteiger partial charge in [-0.3, -0.25) is 9.69 Å². The Kier molecular flexibility index (Phi) is 4.47. The summed E-state index contributed by atoms with van der Waals surface area (Å²) in [5.74, 6) is 0.801. The highest BCUT2D eigenvalue weighted by atomic mass is 32.1. The Morgan fingerprint density at radius 3 is 2.81 bits per heavy atom. The Bertz CT molecular complexity index is 497. The van der Waals surface area contributed by atoms with Crippen molar-refractivity contribution in [2.75, 3.05) is 33.3 Å². The molecule has 1 atom stereocenters. The van der Waals surface area contributed by atoms with Crippen LogP contribution >= 0.6 is 11.3 Å². The van der Waals surface area contributed by atoms with Gasteiger partial charge in [-0.25, -0.2) is 0 Å². The standard InChI is InChI=1S/C15H23N3O2S/c1-20-13-5-9-21-14(13)15(19)18-8-4-12(10-18)17-6-2-11(16)3-7-17/h5,9,11-12H,2-4,6-8,10,16H2,1H3. The summed E-state index contributed by atoms with van der Waals surface area (Å²) in [6.07, 6.45) is 3.21. The molecule has 116 valence electrons. The molecule has 0 aliphatic carbocycles. The molecule has 3 heterocycles. The summed E-state index contributed by atoms with van der Waals surface area (Å²) in [7, 11) is 1.61. The molecule has 0 aromatic carbocycles. The monoisotopic (exact) mass is 309 g/mol. The lowest BCUT2D eigenvalue weighted by atomic mass is 10.0. The lowest BCUT2D eigenvalue weighted by Gasteiger charge is -2.34. The lowest BCUT2D eigenvalue weighted by molar-refractivity contribution is 0.0771. The first-order chi connectivity index (χ1) is 10.2. The van der Waals surface area contributed by atoms with Gasteiger partial charge in [-0.1, -0.05) is 0 Å². The van der Waals surface area contributed by atoms with Crippen molar-refractivity contribution in [2.45, 2.75) is 31.3 Å². The average molecular weight is 309 g/mol. The number of hydrogen-bond acceptors (Lipinski definition) is 5. The Morgan fingerprint density at radius 1 is 1.33 bits per heavy atom. The molecular formula is C15H23N3O2S. The van der Waals surface area contributed by atoms with E-state index in [0.29, 0.717) is 17.8 Å². The second-order valence-electron chi connectivity index (χ2n) is 5.89. The van der Waals surface area contributed by atoms with Crippen LogP contribution < -0.4 is 10.5 Å². The fourth-order valence-corrected chi connectivity index (χ4v) is 4.09. The van der Waals surface area contributed by atoms with Crippen LogP contribution in [-0.4, -0.2) is 61.1 Å². The average Bonchev–Trinajstić information content (AvgIpc) is 3.16. The highest BCUT2D eigenvalue weighted by Crippen LogP contribution is 2.28. The molecule has 0 spiro atoms. The third kappa shape index (κ3) is 3.07. The minimum Gasteiger partial charge on any atom is -0.495 e. The van der Waals surface area contributed by atoms with Crippen molar-refractivity contribution in [3.8, 4) is 5.75 Å². The first-order valence-electron chi connectivity index (χ1n) is 7.59. The first kappa shape index (κ1) is 14.8. The number of carbonyl (C=O) groups excluding carboxylic acids is 1. The SMILES string of the molecule is COc1ccsc1C(=O)N1CCC(N2CCC(N)CC2)C1. The summed E-state index contributed by atoms with van der Waals surface area (Å²) in [5, 5.41) is 1.91. The smallest absolute Gasteiger partial charge is 0.267 e. The molecule has 2 fully saturated rings. The summed E-state index contributed by atoms with van der Waals surface area (Å²) in [5.41, 5.74) is 5.96. The van der Waals surface area contributed by atoms with Crippen molar-refractivity contribution in [3.63, 3.8) is 0 Å². The first-order valence-corrected chi connectivity index (χ1v) is 8.47. The van der Waals surface area contributed by atoms with Gasteiger partial charge in [-0.2, -0.15) is 0 Å². The van der Waals surface area contributed by atoms with E-state index in [1.807, 2.05) is 16.3 Å². The molecule has 0 saturated carbocycles. The Morgan fingerprint density at radius 2 is 2.10 bits per heavy atom. The van der Waals surface area contributed by atoms with Crippen LogP contribution in [0.5, 0.6) is 5.75 Å². The van der Waals surface area contributed by atoms with Crippen LogP contribution in [0.4, 0.5) is 0 Å². The van der Waals surface area contributed by atoms with E-state index in [2.05, 4.69) is 4.90 Å². The predicted molar refractivity (Wildman–Crippen MR) is 84.0 cm³/mol. The molecular weight excluding hydrogens is 286 g/mol. The number of carbonyl (C=O) groups is 1. The van der Waals surface area contributed by atoms with E-state index in [4.69, 9.17) is 10.5 Å². The number of ether oxygens (including phenoxy) is 1. The second kappa shape index (κ2) is 6.34. The molecule has 2 N–H and O–H groups in total. The quantitative estimate of drug-likeness (QED) is 0.917. The molecule has 0 radical (unpaired) electrons. The van der Waals surface area contributed by atoms with Gasteiger partial charge < -0.3 is 15.4 Å². The molecule has 3 rings (SSSR count). The van der Waals surface area contributed by atoms with Gasteiger partial charge in [-0.05, 0) is 43.8 Å². The van der Waals surface area contributed by atoms with Crippen LogP contribution in [0.15, 0.2) is 11.4 Å². The van der Waals surface area contributed by atoms with E-state index in [0.717, 1.165) is 50.3 Å². The van der Waals surface area contributed by atoms with Gasteiger partial charge in [0.2, 0.25) is 0 Å². The molecule has 2 aliphatic rings. The second-order valence-corrected chi connectivity index (χ2v) is 6.80. The minimum atomic E-state index is 0.109. The van der Waals surface area contributed by atoms with Crippen molar-refractivity contribution in [3.05, 3.63) is 16.3 Å². The minimum absolute atomic E-state index is 0.109. The van der Waals surface area contributed by atoms with Crippen molar-refractivity contribution in [1.29, 1.82) is 0 Å². The molecule has 2 saturated heterocycles. The van der Waals surface area contributed by atoms with E-state index in [-0.39, 0.29) is 5.91 Å². The van der Waals surface area contributed by atoms with Crippen molar-refractivity contribution >= 4 is 17.2 Å². The third-order valence-electron chi connectivity index (χ3n) is 4.58. The largest absolute Gasteiger partial charge is 0.495 e. The molecule has 1 aromatic rings. The number of hydrogen-bond donors (Lipinski definition) is 1. The van der Waals surface area contributed by atoms with Gasteiger partial charge in [-0.15, -0.1) is 11.3 Å². The molecule has 21 heavy (non-hydrogen) atoms. The van der Waals surface area contributed by atoms with Crippen molar-refractivity contribution in [1.82, 2.24) is 9.80 Å². The number of rotatable bonds is 3. The van der Waals surface area contributed by atoms with Gasteiger partial charge in [0, 0.05) is 25.2 Å². The number of piperidine rings is 1. The molecule has 6 heteroatoms. The molecule has 0 bridgehead atoms. The maximum atomic E-state index is 12.6. The Balaban J connectivity index is 1.60.